The van der Waals surface area contributed by atoms with Crippen molar-refractivity contribution in [2.45, 2.75) is 18.0 Å². The second-order valence-electron chi connectivity index (χ2n) is 9.11. The van der Waals surface area contributed by atoms with Gasteiger partial charge < -0.3 is 14.7 Å². The van der Waals surface area contributed by atoms with Crippen LogP contribution in [-0.2, 0) is 15.1 Å². The number of anilines is 2. The third-order valence-electron chi connectivity index (χ3n) is 7.18. The number of pyridine rings is 1. The van der Waals surface area contributed by atoms with Crippen LogP contribution in [0.25, 0.3) is 0 Å². The van der Waals surface area contributed by atoms with Crippen molar-refractivity contribution < 1.29 is 14.4 Å². The zero-order valence-electron chi connectivity index (χ0n) is 19.1. The topological polar surface area (TPSA) is 89.1 Å². The van der Waals surface area contributed by atoms with Gasteiger partial charge in [0, 0.05) is 64.3 Å². The number of hydrogen-bond acceptors (Lipinski definition) is 5. The number of urea groups is 1. The molecule has 5 rings (SSSR count). The van der Waals surface area contributed by atoms with Crippen molar-refractivity contribution in [3.8, 4) is 0 Å². The highest BCUT2D eigenvalue weighted by molar-refractivity contribution is 6.10. The molecule has 0 radical (unpaired) electrons. The molecule has 0 unspecified atom stereocenters. The first kappa shape index (κ1) is 21.4. The Labute approximate surface area is 193 Å². The van der Waals surface area contributed by atoms with E-state index in [0.717, 1.165) is 11.3 Å². The second-order valence-corrected chi connectivity index (χ2v) is 9.11. The Morgan fingerprint density at radius 2 is 1.88 bits per heavy atom. The Morgan fingerprint density at radius 1 is 1.12 bits per heavy atom. The molecular formula is C24H28N6O3. The second kappa shape index (κ2) is 7.84. The average molecular weight is 449 g/mol. The van der Waals surface area contributed by atoms with Crippen LogP contribution < -0.4 is 10.2 Å². The number of carbonyl (C=O) groups excluding carboxylic acids is 3. The molecule has 0 saturated carbocycles. The molecule has 3 atom stereocenters. The van der Waals surface area contributed by atoms with Crippen molar-refractivity contribution in [1.29, 1.82) is 0 Å². The van der Waals surface area contributed by atoms with Gasteiger partial charge in [-0.25, -0.2) is 9.78 Å². The summed E-state index contributed by atoms with van der Waals surface area (Å²) in [5.41, 5.74) is 0.683. The smallest absolute Gasteiger partial charge is 0.323 e. The molecule has 0 bridgehead atoms. The molecule has 1 N–H and O–H groups in total. The summed E-state index contributed by atoms with van der Waals surface area (Å²) < 4.78 is 0. The third kappa shape index (κ3) is 3.10. The monoisotopic (exact) mass is 448 g/mol. The molecule has 33 heavy (non-hydrogen) atoms. The predicted octanol–water partition coefficient (Wildman–Crippen LogP) is 1.58. The number of fused-ring (bicyclic) bond motifs is 4. The number of nitrogens with zero attached hydrogens (tertiary/aromatic N) is 5. The molecule has 4 heterocycles. The number of rotatable bonds is 2. The van der Waals surface area contributed by atoms with Crippen molar-refractivity contribution in [2.24, 2.45) is 5.92 Å². The molecular weight excluding hydrogens is 420 g/mol. The van der Waals surface area contributed by atoms with Crippen LogP contribution >= 0.6 is 0 Å². The van der Waals surface area contributed by atoms with Crippen LogP contribution in [0.1, 0.15) is 12.0 Å². The number of aromatic nitrogens is 1. The molecule has 1 aromatic carbocycles. The standard InChI is InChI=1S/C24H28N6O3/c1-27(2)21(31)18-14-16-15-29(23(33)26-20-10-6-7-11-25-20)12-13-30(16)24(18)17-8-4-5-9-19(17)28(3)22(24)32/h4-11,16,18H,12-15H2,1-3H3,(H,25,26,33)/t16-,18+,24-/m1/s1. The van der Waals surface area contributed by atoms with Gasteiger partial charge in [-0.1, -0.05) is 24.3 Å². The lowest BCUT2D eigenvalue weighted by Gasteiger charge is -2.44. The minimum Gasteiger partial charge on any atom is -0.348 e. The number of carbonyl (C=O) groups is 3. The van der Waals surface area contributed by atoms with Crippen LogP contribution in [0.5, 0.6) is 0 Å². The number of hydrogen-bond donors (Lipinski definition) is 1. The van der Waals surface area contributed by atoms with Gasteiger partial charge >= 0.3 is 6.03 Å². The summed E-state index contributed by atoms with van der Waals surface area (Å²) in [4.78, 5) is 51.5. The van der Waals surface area contributed by atoms with Gasteiger partial charge in [-0.3, -0.25) is 19.8 Å². The zero-order chi connectivity index (χ0) is 23.3. The van der Waals surface area contributed by atoms with E-state index in [2.05, 4.69) is 15.2 Å². The maximum atomic E-state index is 13.8. The van der Waals surface area contributed by atoms with Crippen molar-refractivity contribution in [3.05, 3.63) is 54.2 Å². The molecule has 3 aliphatic heterocycles. The SMILES string of the molecule is CN(C)C(=O)[C@@H]1C[C@@H]2CN(C(=O)Nc3ccccn3)CCN2[C@@]12C(=O)N(C)c1ccccc12. The number of nitrogens with one attached hydrogen (secondary N) is 1. The summed E-state index contributed by atoms with van der Waals surface area (Å²) in [6.07, 6.45) is 2.14. The van der Waals surface area contributed by atoms with Gasteiger partial charge in [-0.15, -0.1) is 0 Å². The first-order valence-corrected chi connectivity index (χ1v) is 11.2. The van der Waals surface area contributed by atoms with Crippen molar-refractivity contribution in [1.82, 2.24) is 19.7 Å². The van der Waals surface area contributed by atoms with E-state index in [-0.39, 0.29) is 23.9 Å². The van der Waals surface area contributed by atoms with Gasteiger partial charge in [-0.2, -0.15) is 0 Å². The van der Waals surface area contributed by atoms with E-state index < -0.39 is 11.5 Å². The normalized spacial score (nSPS) is 26.3. The summed E-state index contributed by atoms with van der Waals surface area (Å²) in [7, 11) is 5.24. The molecule has 2 aromatic rings. The van der Waals surface area contributed by atoms with Crippen LogP contribution in [0.3, 0.4) is 0 Å². The van der Waals surface area contributed by atoms with Crippen molar-refractivity contribution >= 4 is 29.4 Å². The Kier molecular flexibility index (Phi) is 5.08. The van der Waals surface area contributed by atoms with E-state index in [1.54, 1.807) is 54.2 Å². The molecule has 9 nitrogen and oxygen atoms in total. The molecule has 4 amide bonds. The lowest BCUT2D eigenvalue weighted by Crippen LogP contribution is -2.62. The maximum Gasteiger partial charge on any atom is 0.323 e. The number of piperazine rings is 1. The highest BCUT2D eigenvalue weighted by Gasteiger charge is 2.66. The van der Waals surface area contributed by atoms with E-state index >= 15 is 0 Å². The van der Waals surface area contributed by atoms with Crippen molar-refractivity contribution in [2.75, 3.05) is 51.0 Å². The van der Waals surface area contributed by atoms with E-state index in [1.165, 1.54) is 0 Å². The largest absolute Gasteiger partial charge is 0.348 e. The molecule has 1 spiro atoms. The molecule has 2 fully saturated rings. The van der Waals surface area contributed by atoms with Gasteiger partial charge in [0.1, 0.15) is 11.4 Å². The van der Waals surface area contributed by atoms with E-state index in [1.807, 2.05) is 30.3 Å². The summed E-state index contributed by atoms with van der Waals surface area (Å²) in [6, 6.07) is 12.8. The summed E-state index contributed by atoms with van der Waals surface area (Å²) >= 11 is 0. The number of para-hydroxylation sites is 1. The van der Waals surface area contributed by atoms with E-state index in [0.29, 0.717) is 31.9 Å². The Bertz CT molecular complexity index is 1110. The fourth-order valence-electron chi connectivity index (χ4n) is 5.75. The molecule has 1 aromatic heterocycles. The minimum absolute atomic E-state index is 0.0626. The quantitative estimate of drug-likeness (QED) is 0.754. The fraction of sp³-hybridized carbons (Fsp3) is 0.417. The highest BCUT2D eigenvalue weighted by Crippen LogP contribution is 2.55. The highest BCUT2D eigenvalue weighted by atomic mass is 16.2. The number of likely N-dealkylation sites (N-methyl/N-ethyl adjacent to an activating group) is 1. The third-order valence-corrected chi connectivity index (χ3v) is 7.18. The lowest BCUT2D eigenvalue weighted by molar-refractivity contribution is -0.144. The summed E-state index contributed by atoms with van der Waals surface area (Å²) in [6.45, 7) is 1.40. The Balaban J connectivity index is 1.49. The van der Waals surface area contributed by atoms with Gasteiger partial charge in [-0.05, 0) is 24.6 Å². The number of amides is 4. The van der Waals surface area contributed by atoms with Gasteiger partial charge in [0.25, 0.3) is 5.91 Å². The van der Waals surface area contributed by atoms with Crippen LogP contribution in [0.4, 0.5) is 16.3 Å². The lowest BCUT2D eigenvalue weighted by atomic mass is 9.78. The van der Waals surface area contributed by atoms with E-state index in [4.69, 9.17) is 0 Å². The van der Waals surface area contributed by atoms with Gasteiger partial charge in [0.15, 0.2) is 0 Å². The van der Waals surface area contributed by atoms with Crippen LogP contribution in [0, 0.1) is 5.92 Å². The molecule has 2 saturated heterocycles. The first-order valence-electron chi connectivity index (χ1n) is 11.2. The minimum atomic E-state index is -1.04. The Hall–Kier alpha value is -3.46. The van der Waals surface area contributed by atoms with Crippen LogP contribution in [0.2, 0.25) is 0 Å². The molecule has 172 valence electrons. The molecule has 0 aliphatic carbocycles. The molecule has 3 aliphatic rings. The first-order chi connectivity index (χ1) is 15.9. The average Bonchev–Trinajstić information content (AvgIpc) is 3.28. The fourth-order valence-corrected chi connectivity index (χ4v) is 5.75. The zero-order valence-corrected chi connectivity index (χ0v) is 19.1. The summed E-state index contributed by atoms with van der Waals surface area (Å²) in [5, 5.41) is 2.84. The Morgan fingerprint density at radius 3 is 2.61 bits per heavy atom. The summed E-state index contributed by atoms with van der Waals surface area (Å²) in [5.74, 6) is -0.157. The molecule has 9 heteroatoms. The maximum absolute atomic E-state index is 13.8. The van der Waals surface area contributed by atoms with Gasteiger partial charge in [0.2, 0.25) is 5.91 Å². The van der Waals surface area contributed by atoms with Gasteiger partial charge in [0.05, 0.1) is 5.92 Å². The predicted molar refractivity (Wildman–Crippen MR) is 124 cm³/mol. The van der Waals surface area contributed by atoms with Crippen molar-refractivity contribution in [3.63, 3.8) is 0 Å². The van der Waals surface area contributed by atoms with E-state index in [9.17, 15) is 14.4 Å². The van der Waals surface area contributed by atoms with Crippen LogP contribution in [-0.4, -0.2) is 84.3 Å². The number of benzene rings is 1. The van der Waals surface area contributed by atoms with Crippen LogP contribution in [0.15, 0.2) is 48.7 Å².